The van der Waals surface area contributed by atoms with E-state index in [1.54, 1.807) is 12.1 Å². The Kier molecular flexibility index (Phi) is 4.66. The van der Waals surface area contributed by atoms with E-state index in [0.29, 0.717) is 23.0 Å². The van der Waals surface area contributed by atoms with Crippen LogP contribution in [0, 0.1) is 15.9 Å². The molecule has 0 spiro atoms. The molecule has 2 aromatic carbocycles. The van der Waals surface area contributed by atoms with Crippen molar-refractivity contribution in [2.45, 2.75) is 12.6 Å². The first-order valence-corrected chi connectivity index (χ1v) is 7.32. The van der Waals surface area contributed by atoms with Crippen LogP contribution in [0.3, 0.4) is 0 Å². The normalized spacial score (nSPS) is 11.9. The van der Waals surface area contributed by atoms with Crippen LogP contribution in [0.1, 0.15) is 23.3 Å². The number of H-pyrrole nitrogens is 1. The second-order valence-electron chi connectivity index (χ2n) is 5.21. The van der Waals surface area contributed by atoms with Crippen molar-refractivity contribution >= 4 is 5.69 Å². The zero-order valence-electron chi connectivity index (χ0n) is 12.9. The van der Waals surface area contributed by atoms with E-state index >= 15 is 0 Å². The highest BCUT2D eigenvalue weighted by Gasteiger charge is 2.15. The fourth-order valence-corrected chi connectivity index (χ4v) is 2.15. The maximum atomic E-state index is 13.0. The predicted octanol–water partition coefficient (Wildman–Crippen LogP) is 2.48. The number of nitro groups is 1. The average molecular weight is 343 g/mol. The van der Waals surface area contributed by atoms with E-state index in [0.717, 1.165) is 0 Å². The molecule has 9 heteroatoms. The molecule has 8 nitrogen and oxygen atoms in total. The van der Waals surface area contributed by atoms with Crippen molar-refractivity contribution < 1.29 is 14.1 Å². The van der Waals surface area contributed by atoms with Crippen molar-refractivity contribution in [3.05, 3.63) is 81.7 Å². The largest absolute Gasteiger partial charge is 0.486 e. The summed E-state index contributed by atoms with van der Waals surface area (Å²) in [7, 11) is 0. The van der Waals surface area contributed by atoms with E-state index in [2.05, 4.69) is 15.2 Å². The minimum absolute atomic E-state index is 0.0143. The van der Waals surface area contributed by atoms with Crippen molar-refractivity contribution in [1.82, 2.24) is 15.2 Å². The Balaban J connectivity index is 1.63. The molecule has 128 valence electrons. The van der Waals surface area contributed by atoms with Gasteiger partial charge in [0.25, 0.3) is 5.69 Å². The van der Waals surface area contributed by atoms with Gasteiger partial charge in [-0.15, -0.1) is 0 Å². The second-order valence-corrected chi connectivity index (χ2v) is 5.21. The molecule has 0 bridgehead atoms. The van der Waals surface area contributed by atoms with E-state index in [1.807, 2.05) is 0 Å². The third-order valence-electron chi connectivity index (χ3n) is 3.48. The summed E-state index contributed by atoms with van der Waals surface area (Å²) in [5.74, 6) is 0.925. The Bertz CT molecular complexity index is 864. The van der Waals surface area contributed by atoms with Crippen LogP contribution >= 0.6 is 0 Å². The SMILES string of the molecule is NC(c1ccc(F)cc1)c1n[nH]c(COc2ccc([N+](=O)[O-])cc2)n1. The summed E-state index contributed by atoms with van der Waals surface area (Å²) in [6, 6.07) is 10.9. The van der Waals surface area contributed by atoms with Crippen LogP contribution in [0.25, 0.3) is 0 Å². The third-order valence-corrected chi connectivity index (χ3v) is 3.48. The molecule has 0 radical (unpaired) electrons. The topological polar surface area (TPSA) is 120 Å². The number of nitro benzene ring substituents is 1. The molecule has 1 unspecified atom stereocenters. The van der Waals surface area contributed by atoms with E-state index in [4.69, 9.17) is 10.5 Å². The van der Waals surface area contributed by atoms with E-state index in [-0.39, 0.29) is 18.1 Å². The molecule has 0 aliphatic heterocycles. The fraction of sp³-hybridized carbons (Fsp3) is 0.125. The van der Waals surface area contributed by atoms with Gasteiger partial charge in [-0.05, 0) is 29.8 Å². The number of nitrogens with zero attached hydrogens (tertiary/aromatic N) is 3. The van der Waals surface area contributed by atoms with Gasteiger partial charge in [0, 0.05) is 12.1 Å². The molecule has 0 amide bonds. The van der Waals surface area contributed by atoms with Crippen LogP contribution in [0.5, 0.6) is 5.75 Å². The predicted molar refractivity (Wildman–Crippen MR) is 86.2 cm³/mol. The third kappa shape index (κ3) is 3.96. The molecule has 0 saturated carbocycles. The lowest BCUT2D eigenvalue weighted by molar-refractivity contribution is -0.384. The standard InChI is InChI=1S/C16H14FN5O3/c17-11-3-1-10(2-4-11)15(18)16-19-14(20-21-16)9-25-13-7-5-12(6-8-13)22(23)24/h1-8,15H,9,18H2,(H,19,20,21). The lowest BCUT2D eigenvalue weighted by Crippen LogP contribution is -2.13. The maximum Gasteiger partial charge on any atom is 0.269 e. The van der Waals surface area contributed by atoms with Crippen LogP contribution in [0.15, 0.2) is 48.5 Å². The number of hydrogen-bond donors (Lipinski definition) is 2. The van der Waals surface area contributed by atoms with Crippen molar-refractivity contribution in [2.24, 2.45) is 5.73 Å². The van der Waals surface area contributed by atoms with Crippen LogP contribution < -0.4 is 10.5 Å². The van der Waals surface area contributed by atoms with Gasteiger partial charge in [-0.25, -0.2) is 9.37 Å². The minimum Gasteiger partial charge on any atom is -0.486 e. The number of nitrogens with one attached hydrogen (secondary N) is 1. The Morgan fingerprint density at radius 2 is 1.88 bits per heavy atom. The van der Waals surface area contributed by atoms with Gasteiger partial charge >= 0.3 is 0 Å². The van der Waals surface area contributed by atoms with Gasteiger partial charge in [0.15, 0.2) is 11.6 Å². The number of hydrogen-bond acceptors (Lipinski definition) is 6. The fourth-order valence-electron chi connectivity index (χ4n) is 2.15. The van der Waals surface area contributed by atoms with Crippen LogP contribution in [0.2, 0.25) is 0 Å². The van der Waals surface area contributed by atoms with Gasteiger partial charge in [0.05, 0.1) is 11.0 Å². The second kappa shape index (κ2) is 7.05. The van der Waals surface area contributed by atoms with E-state index in [9.17, 15) is 14.5 Å². The van der Waals surface area contributed by atoms with Crippen LogP contribution in [-0.4, -0.2) is 20.1 Å². The molecular formula is C16H14FN5O3. The number of rotatable bonds is 6. The molecule has 1 heterocycles. The number of aromatic nitrogens is 3. The van der Waals surface area contributed by atoms with Crippen LogP contribution in [0.4, 0.5) is 10.1 Å². The summed E-state index contributed by atoms with van der Waals surface area (Å²) < 4.78 is 18.4. The van der Waals surface area contributed by atoms with Crippen molar-refractivity contribution in [1.29, 1.82) is 0 Å². The quantitative estimate of drug-likeness (QED) is 0.524. The van der Waals surface area contributed by atoms with Gasteiger partial charge in [-0.3, -0.25) is 15.2 Å². The highest BCUT2D eigenvalue weighted by atomic mass is 19.1. The summed E-state index contributed by atoms with van der Waals surface area (Å²) >= 11 is 0. The average Bonchev–Trinajstić information content (AvgIpc) is 3.09. The molecule has 25 heavy (non-hydrogen) atoms. The van der Waals surface area contributed by atoms with Crippen molar-refractivity contribution in [3.63, 3.8) is 0 Å². The molecule has 3 aromatic rings. The molecule has 0 aliphatic carbocycles. The zero-order valence-corrected chi connectivity index (χ0v) is 12.9. The van der Waals surface area contributed by atoms with Gasteiger partial charge in [0.2, 0.25) is 0 Å². The van der Waals surface area contributed by atoms with Gasteiger partial charge < -0.3 is 10.5 Å². The highest BCUT2D eigenvalue weighted by Crippen LogP contribution is 2.19. The van der Waals surface area contributed by atoms with Crippen molar-refractivity contribution in [2.75, 3.05) is 0 Å². The zero-order chi connectivity index (χ0) is 17.8. The Hall–Kier alpha value is -3.33. The minimum atomic E-state index is -0.593. The summed E-state index contributed by atoms with van der Waals surface area (Å²) in [6.07, 6.45) is 0. The molecule has 0 fully saturated rings. The molecule has 3 N–H and O–H groups in total. The number of non-ortho nitro benzene ring substituents is 1. The number of aromatic amines is 1. The molecule has 0 aliphatic rings. The number of ether oxygens (including phenoxy) is 1. The summed E-state index contributed by atoms with van der Waals surface area (Å²) in [5.41, 5.74) is 6.73. The van der Waals surface area contributed by atoms with E-state index < -0.39 is 11.0 Å². The molecular weight excluding hydrogens is 329 g/mol. The molecule has 0 saturated heterocycles. The lowest BCUT2D eigenvalue weighted by atomic mass is 10.1. The smallest absolute Gasteiger partial charge is 0.269 e. The Labute approximate surface area is 141 Å². The summed E-state index contributed by atoms with van der Waals surface area (Å²) in [4.78, 5) is 14.4. The first-order chi connectivity index (χ1) is 12.0. The maximum absolute atomic E-state index is 13.0. The first kappa shape index (κ1) is 16.5. The van der Waals surface area contributed by atoms with Gasteiger partial charge in [-0.2, -0.15) is 5.10 Å². The van der Waals surface area contributed by atoms with Crippen LogP contribution in [-0.2, 0) is 6.61 Å². The molecule has 1 atom stereocenters. The van der Waals surface area contributed by atoms with E-state index in [1.165, 1.54) is 36.4 Å². The number of benzene rings is 2. The van der Waals surface area contributed by atoms with Gasteiger partial charge in [0.1, 0.15) is 18.2 Å². The van der Waals surface area contributed by atoms with Gasteiger partial charge in [-0.1, -0.05) is 12.1 Å². The highest BCUT2D eigenvalue weighted by molar-refractivity contribution is 5.36. The summed E-state index contributed by atoms with van der Waals surface area (Å²) in [5, 5.41) is 17.4. The number of nitrogens with two attached hydrogens (primary N) is 1. The number of halogens is 1. The lowest BCUT2D eigenvalue weighted by Gasteiger charge is -2.07. The van der Waals surface area contributed by atoms with Crippen molar-refractivity contribution in [3.8, 4) is 5.75 Å². The molecule has 1 aromatic heterocycles. The Morgan fingerprint density at radius 3 is 2.52 bits per heavy atom. The molecule has 3 rings (SSSR count). The summed E-state index contributed by atoms with van der Waals surface area (Å²) in [6.45, 7) is 0.0982. The Morgan fingerprint density at radius 1 is 1.20 bits per heavy atom. The first-order valence-electron chi connectivity index (χ1n) is 7.32. The monoisotopic (exact) mass is 343 g/mol.